The van der Waals surface area contributed by atoms with E-state index < -0.39 is 28.8 Å². The number of halogens is 4. The van der Waals surface area contributed by atoms with Crippen LogP contribution in [0.5, 0.6) is 0 Å². The second-order valence-electron chi connectivity index (χ2n) is 2.03. The minimum atomic E-state index is -1.95. The first kappa shape index (κ1) is 9.91. The van der Waals surface area contributed by atoms with Gasteiger partial charge < -0.3 is 0 Å². The minimum Gasteiger partial charge on any atom is -0.212 e. The molecule has 0 unspecified atom stereocenters. The zero-order valence-electron chi connectivity index (χ0n) is 5.91. The molecule has 0 fully saturated rings. The Morgan fingerprint density at radius 1 is 1.08 bits per heavy atom. The molecule has 0 aliphatic carbocycles. The number of hydrogen-bond acceptors (Lipinski definition) is 1. The van der Waals surface area contributed by atoms with E-state index in [4.69, 9.17) is 0 Å². The van der Waals surface area contributed by atoms with E-state index >= 15 is 0 Å². The predicted molar refractivity (Wildman–Crippen MR) is 38.5 cm³/mol. The highest BCUT2D eigenvalue weighted by molar-refractivity contribution is 7.65. The Hall–Kier alpha value is -1.17. The van der Waals surface area contributed by atoms with Gasteiger partial charge in [-0.1, -0.05) is 0 Å². The number of rotatable bonds is 1. The molecular weight excluding hydrogens is 208 g/mol. The van der Waals surface area contributed by atoms with Crippen molar-refractivity contribution in [1.29, 1.82) is 0 Å². The third-order valence-electron chi connectivity index (χ3n) is 1.25. The van der Waals surface area contributed by atoms with Crippen LogP contribution in [0, 0.1) is 23.3 Å². The Balaban J connectivity index is 3.49. The van der Waals surface area contributed by atoms with Gasteiger partial charge in [0.15, 0.2) is 23.3 Å². The quantitative estimate of drug-likeness (QED) is 0.296. The van der Waals surface area contributed by atoms with Crippen molar-refractivity contribution in [2.45, 2.75) is 0 Å². The second-order valence-corrected chi connectivity index (χ2v) is 2.40. The fourth-order valence-electron chi connectivity index (χ4n) is 0.692. The Morgan fingerprint density at radius 3 is 2.23 bits per heavy atom. The Kier molecular flexibility index (Phi) is 2.82. The average Bonchev–Trinajstić information content (AvgIpc) is 2.11. The van der Waals surface area contributed by atoms with Gasteiger partial charge in [0.1, 0.15) is 0 Å². The van der Waals surface area contributed by atoms with Gasteiger partial charge in [-0.15, -0.1) is 0 Å². The van der Waals surface area contributed by atoms with Crippen LogP contribution in [0.1, 0.15) is 5.56 Å². The van der Waals surface area contributed by atoms with Gasteiger partial charge >= 0.3 is 0 Å². The molecule has 69 valence electrons. The first-order valence-electron chi connectivity index (χ1n) is 2.95. The molecule has 1 rings (SSSR count). The van der Waals surface area contributed by atoms with E-state index in [2.05, 4.69) is 0 Å². The predicted octanol–water partition coefficient (Wildman–Crippen LogP) is 1.48. The fraction of sp³-hybridized carbons (Fsp3) is 0. The van der Waals surface area contributed by atoms with Crippen molar-refractivity contribution >= 4 is 16.6 Å². The highest BCUT2D eigenvalue weighted by Gasteiger charge is 2.17. The summed E-state index contributed by atoms with van der Waals surface area (Å²) in [6.07, 6.45) is 0. The summed E-state index contributed by atoms with van der Waals surface area (Å²) in [5.74, 6) is -7.03. The van der Waals surface area contributed by atoms with Crippen LogP contribution in [0.4, 0.5) is 17.6 Å². The van der Waals surface area contributed by atoms with E-state index in [1.165, 1.54) is 0 Å². The van der Waals surface area contributed by atoms with Crippen LogP contribution in [-0.2, 0) is 11.3 Å². The zero-order chi connectivity index (χ0) is 10.0. The molecule has 0 heterocycles. The lowest BCUT2D eigenvalue weighted by atomic mass is 10.2. The van der Waals surface area contributed by atoms with Gasteiger partial charge in [0.25, 0.3) is 0 Å². The maximum Gasteiger partial charge on any atom is 0.198 e. The third-order valence-corrected chi connectivity index (χ3v) is 1.56. The van der Waals surface area contributed by atoms with Crippen LogP contribution in [0.2, 0.25) is 0 Å². The smallest absolute Gasteiger partial charge is 0.198 e. The van der Waals surface area contributed by atoms with Crippen LogP contribution in [0.3, 0.4) is 0 Å². The van der Waals surface area contributed by atoms with Gasteiger partial charge in [-0.25, -0.2) is 21.8 Å². The van der Waals surface area contributed by atoms with Crippen LogP contribution < -0.4 is 0 Å². The van der Waals surface area contributed by atoms with Crippen molar-refractivity contribution in [1.82, 2.24) is 0 Å². The summed E-state index contributed by atoms with van der Waals surface area (Å²) in [7, 11) is 0. The second kappa shape index (κ2) is 3.69. The molecule has 0 spiro atoms. The maximum absolute atomic E-state index is 12.6. The Morgan fingerprint density at radius 2 is 1.69 bits per heavy atom. The Labute approximate surface area is 74.1 Å². The van der Waals surface area contributed by atoms with E-state index in [1.807, 2.05) is 0 Å². The molecule has 0 amide bonds. The molecule has 1 nitrogen and oxygen atoms in total. The lowest BCUT2D eigenvalue weighted by Crippen LogP contribution is -2.00. The lowest BCUT2D eigenvalue weighted by Gasteiger charge is -1.98. The molecule has 0 saturated carbocycles. The van der Waals surface area contributed by atoms with Gasteiger partial charge in [0, 0.05) is 5.56 Å². The lowest BCUT2D eigenvalue weighted by molar-refractivity contribution is 0.408. The van der Waals surface area contributed by atoms with Crippen molar-refractivity contribution in [3.8, 4) is 0 Å². The van der Waals surface area contributed by atoms with Gasteiger partial charge in [-0.2, -0.15) is 0 Å². The van der Waals surface area contributed by atoms with E-state index in [1.54, 1.807) is 5.37 Å². The standard InChI is InChI=1S/C7HF4OS/c8-4-1-3(2-13-12)5(9)7(11)6(4)10/h1H. The van der Waals surface area contributed by atoms with Crippen LogP contribution in [-0.4, -0.2) is 9.58 Å². The summed E-state index contributed by atoms with van der Waals surface area (Å²) >= 11 is -0.304. The topological polar surface area (TPSA) is 17.1 Å². The van der Waals surface area contributed by atoms with Crippen molar-refractivity contribution in [3.63, 3.8) is 0 Å². The van der Waals surface area contributed by atoms with Gasteiger partial charge in [-0.3, -0.25) is 0 Å². The summed E-state index contributed by atoms with van der Waals surface area (Å²) in [5, 5.41) is 1.72. The monoisotopic (exact) mass is 209 g/mol. The highest BCUT2D eigenvalue weighted by Crippen LogP contribution is 2.16. The number of benzene rings is 1. The molecule has 1 aromatic carbocycles. The van der Waals surface area contributed by atoms with Gasteiger partial charge in [0.2, 0.25) is 0 Å². The third kappa shape index (κ3) is 1.77. The molecule has 6 heteroatoms. The van der Waals surface area contributed by atoms with E-state index in [0.717, 1.165) is 0 Å². The van der Waals surface area contributed by atoms with Crippen molar-refractivity contribution in [2.75, 3.05) is 0 Å². The molecule has 0 atom stereocenters. The normalized spacial score (nSPS) is 9.85. The molecule has 1 radical (unpaired) electrons. The largest absolute Gasteiger partial charge is 0.212 e. The fourth-order valence-corrected chi connectivity index (χ4v) is 0.930. The highest BCUT2D eigenvalue weighted by atomic mass is 32.1. The van der Waals surface area contributed by atoms with Crippen molar-refractivity contribution in [3.05, 3.63) is 34.9 Å². The molecule has 0 aromatic heterocycles. The summed E-state index contributed by atoms with van der Waals surface area (Å²) in [5.41, 5.74) is -0.726. The average molecular weight is 209 g/mol. The van der Waals surface area contributed by atoms with Gasteiger partial charge in [0.05, 0.1) is 16.6 Å². The van der Waals surface area contributed by atoms with Gasteiger partial charge in [-0.05, 0) is 6.07 Å². The summed E-state index contributed by atoms with van der Waals surface area (Å²) in [6.45, 7) is 0. The maximum atomic E-state index is 12.6. The molecule has 0 aliphatic rings. The number of hydrogen-bond donors (Lipinski definition) is 0. The molecule has 13 heavy (non-hydrogen) atoms. The minimum absolute atomic E-state index is 0.304. The van der Waals surface area contributed by atoms with Crippen LogP contribution >= 0.6 is 0 Å². The molecule has 0 bridgehead atoms. The SMILES string of the molecule is O=S=[C]c1cc(F)c(F)c(F)c1F. The van der Waals surface area contributed by atoms with Crippen molar-refractivity contribution in [2.24, 2.45) is 0 Å². The summed E-state index contributed by atoms with van der Waals surface area (Å²) in [6, 6.07) is 0.360. The summed E-state index contributed by atoms with van der Waals surface area (Å²) in [4.78, 5) is 0. The summed E-state index contributed by atoms with van der Waals surface area (Å²) < 4.78 is 59.6. The van der Waals surface area contributed by atoms with Crippen LogP contribution in [0.25, 0.3) is 0 Å². The van der Waals surface area contributed by atoms with E-state index in [-0.39, 0.29) is 11.3 Å². The molecule has 0 N–H and O–H groups in total. The van der Waals surface area contributed by atoms with E-state index in [9.17, 15) is 21.8 Å². The molecule has 0 aliphatic heterocycles. The molecular formula is C7HF4OS. The first-order chi connectivity index (χ1) is 6.07. The van der Waals surface area contributed by atoms with Crippen LogP contribution in [0.15, 0.2) is 6.07 Å². The first-order valence-corrected chi connectivity index (χ1v) is 3.70. The van der Waals surface area contributed by atoms with Crippen molar-refractivity contribution < 1.29 is 21.8 Å². The Bertz CT molecular complexity index is 398. The van der Waals surface area contributed by atoms with E-state index in [0.29, 0.717) is 6.07 Å². The molecule has 1 aromatic rings. The zero-order valence-corrected chi connectivity index (χ0v) is 6.72. The molecule has 0 saturated heterocycles.